The lowest BCUT2D eigenvalue weighted by Gasteiger charge is -2.32. The molecule has 0 radical (unpaired) electrons. The van der Waals surface area contributed by atoms with Gasteiger partial charge in [0.25, 0.3) is 0 Å². The molecule has 0 aliphatic rings. The smallest absolute Gasteiger partial charge is 0.243 e. The number of ether oxygens (including phenoxy) is 2. The Morgan fingerprint density at radius 3 is 1.87 bits per heavy atom. The third-order valence-corrected chi connectivity index (χ3v) is 9.17. The number of aryl methyl sites for hydroxylation is 1. The fraction of sp³-hybridized carbons (Fsp3) is 0.278. The monoisotopic (exact) mass is 643 g/mol. The molecule has 0 bridgehead atoms. The summed E-state index contributed by atoms with van der Waals surface area (Å²) >= 11 is 0. The van der Waals surface area contributed by atoms with Crippen LogP contribution in [-0.4, -0.2) is 51.9 Å². The molecule has 0 fully saturated rings. The molecule has 242 valence electrons. The maximum Gasteiger partial charge on any atom is 0.243 e. The second kappa shape index (κ2) is 16.6. The summed E-state index contributed by atoms with van der Waals surface area (Å²) in [6.45, 7) is 2.52. The van der Waals surface area contributed by atoms with E-state index in [-0.39, 0.29) is 29.7 Å². The third kappa shape index (κ3) is 9.66. The number of carbonyl (C=O) groups excluding carboxylic acids is 2. The SMILES string of the molecule is CCNS(=O)(=O)c1ccc(CCC(=O)N(Cc2ccc(OC)cc2)C(Cc2ccccc2)C(=O)NCc2ccc(OC)cc2)cc1. The zero-order valence-corrected chi connectivity index (χ0v) is 27.3. The molecule has 46 heavy (non-hydrogen) atoms. The highest BCUT2D eigenvalue weighted by Crippen LogP contribution is 2.20. The fourth-order valence-corrected chi connectivity index (χ4v) is 6.08. The van der Waals surface area contributed by atoms with Gasteiger partial charge >= 0.3 is 0 Å². The molecule has 1 atom stereocenters. The molecule has 4 aromatic carbocycles. The lowest BCUT2D eigenvalue weighted by atomic mass is 10.0. The van der Waals surface area contributed by atoms with Gasteiger partial charge in [-0.1, -0.05) is 73.7 Å². The van der Waals surface area contributed by atoms with Crippen molar-refractivity contribution in [1.29, 1.82) is 0 Å². The number of methoxy groups -OCH3 is 2. The molecule has 0 aliphatic carbocycles. The Morgan fingerprint density at radius 2 is 1.30 bits per heavy atom. The van der Waals surface area contributed by atoms with Crippen molar-refractivity contribution in [2.75, 3.05) is 20.8 Å². The Balaban J connectivity index is 1.59. The number of sulfonamides is 1. The number of amides is 2. The number of hydrogen-bond donors (Lipinski definition) is 2. The molecule has 0 aliphatic heterocycles. The molecular weight excluding hydrogens is 602 g/mol. The van der Waals surface area contributed by atoms with Gasteiger partial charge in [0.1, 0.15) is 17.5 Å². The second-order valence-corrected chi connectivity index (χ2v) is 12.6. The van der Waals surface area contributed by atoms with Crippen molar-refractivity contribution in [1.82, 2.24) is 14.9 Å². The zero-order chi connectivity index (χ0) is 32.9. The number of hydrogen-bond acceptors (Lipinski definition) is 6. The van der Waals surface area contributed by atoms with Crippen LogP contribution >= 0.6 is 0 Å². The van der Waals surface area contributed by atoms with Gasteiger partial charge < -0.3 is 19.7 Å². The largest absolute Gasteiger partial charge is 0.497 e. The summed E-state index contributed by atoms with van der Waals surface area (Å²) in [6, 6.07) is 30.2. The van der Waals surface area contributed by atoms with Crippen LogP contribution in [0.3, 0.4) is 0 Å². The van der Waals surface area contributed by atoms with E-state index in [1.165, 1.54) is 12.1 Å². The van der Waals surface area contributed by atoms with Gasteiger partial charge in [0.05, 0.1) is 19.1 Å². The first-order chi connectivity index (χ1) is 22.2. The summed E-state index contributed by atoms with van der Waals surface area (Å²) in [5.74, 6) is 0.960. The van der Waals surface area contributed by atoms with Crippen molar-refractivity contribution in [3.63, 3.8) is 0 Å². The van der Waals surface area contributed by atoms with Crippen LogP contribution < -0.4 is 19.5 Å². The van der Waals surface area contributed by atoms with Crippen molar-refractivity contribution in [2.45, 2.75) is 50.2 Å². The van der Waals surface area contributed by atoms with Crippen LogP contribution in [0.5, 0.6) is 11.5 Å². The maximum atomic E-state index is 14.0. The molecule has 2 N–H and O–H groups in total. The van der Waals surface area contributed by atoms with Gasteiger partial charge in [0, 0.05) is 32.5 Å². The molecule has 4 aromatic rings. The van der Waals surface area contributed by atoms with Crippen LogP contribution in [0.25, 0.3) is 0 Å². The van der Waals surface area contributed by atoms with Crippen molar-refractivity contribution in [3.05, 3.63) is 125 Å². The molecule has 2 amide bonds. The quantitative estimate of drug-likeness (QED) is 0.180. The lowest BCUT2D eigenvalue weighted by molar-refractivity contribution is -0.141. The van der Waals surface area contributed by atoms with Gasteiger partial charge in [-0.25, -0.2) is 13.1 Å². The molecule has 4 rings (SSSR count). The summed E-state index contributed by atoms with van der Waals surface area (Å²) < 4.78 is 37.7. The van der Waals surface area contributed by atoms with E-state index in [9.17, 15) is 18.0 Å². The predicted molar refractivity (Wildman–Crippen MR) is 178 cm³/mol. The second-order valence-electron chi connectivity index (χ2n) is 10.8. The van der Waals surface area contributed by atoms with Crippen LogP contribution in [0.15, 0.2) is 108 Å². The number of rotatable bonds is 16. The van der Waals surface area contributed by atoms with Crippen molar-refractivity contribution in [2.24, 2.45) is 0 Å². The Kier molecular flexibility index (Phi) is 12.3. The fourth-order valence-electron chi connectivity index (χ4n) is 5.04. The van der Waals surface area contributed by atoms with E-state index in [2.05, 4.69) is 10.0 Å². The Morgan fingerprint density at radius 1 is 0.739 bits per heavy atom. The van der Waals surface area contributed by atoms with Crippen LogP contribution in [0.1, 0.15) is 35.6 Å². The van der Waals surface area contributed by atoms with E-state index in [1.807, 2.05) is 78.9 Å². The average molecular weight is 644 g/mol. The highest BCUT2D eigenvalue weighted by atomic mass is 32.2. The van der Waals surface area contributed by atoms with E-state index >= 15 is 0 Å². The summed E-state index contributed by atoms with van der Waals surface area (Å²) in [7, 11) is -0.382. The lowest BCUT2D eigenvalue weighted by Crippen LogP contribution is -2.50. The van der Waals surface area contributed by atoms with E-state index in [0.29, 0.717) is 31.7 Å². The third-order valence-electron chi connectivity index (χ3n) is 7.60. The Hall–Kier alpha value is -4.67. The standard InChI is InChI=1S/C36H41N3O6S/c1-4-38-46(42,43)33-21-14-27(15-22-33)16-23-35(40)39(26-30-12-19-32(45-3)20-13-30)34(24-28-8-6-5-7-9-28)36(41)37-25-29-10-17-31(44-2)18-11-29/h5-15,17-22,34,38H,4,16,23-26H2,1-3H3,(H,37,41). The normalized spacial score (nSPS) is 11.8. The molecule has 0 spiro atoms. The number of nitrogens with one attached hydrogen (secondary N) is 2. The highest BCUT2D eigenvalue weighted by molar-refractivity contribution is 7.89. The van der Waals surface area contributed by atoms with Gasteiger partial charge in [-0.2, -0.15) is 0 Å². The van der Waals surface area contributed by atoms with Gasteiger partial charge in [0.2, 0.25) is 21.8 Å². The van der Waals surface area contributed by atoms with E-state index in [0.717, 1.165) is 28.0 Å². The zero-order valence-electron chi connectivity index (χ0n) is 26.4. The predicted octanol–water partition coefficient (Wildman–Crippen LogP) is 4.89. The molecule has 0 saturated heterocycles. The van der Waals surface area contributed by atoms with E-state index < -0.39 is 16.1 Å². The van der Waals surface area contributed by atoms with Crippen LogP contribution in [-0.2, 0) is 45.5 Å². The van der Waals surface area contributed by atoms with Gasteiger partial charge in [-0.3, -0.25) is 9.59 Å². The summed E-state index contributed by atoms with van der Waals surface area (Å²) in [5, 5.41) is 3.04. The topological polar surface area (TPSA) is 114 Å². The van der Waals surface area contributed by atoms with Gasteiger partial charge in [0.15, 0.2) is 0 Å². The first-order valence-corrected chi connectivity index (χ1v) is 16.7. The minimum Gasteiger partial charge on any atom is -0.497 e. The van der Waals surface area contributed by atoms with E-state index in [4.69, 9.17) is 9.47 Å². The minimum absolute atomic E-state index is 0.131. The number of benzene rings is 4. The molecule has 0 saturated carbocycles. The average Bonchev–Trinajstić information content (AvgIpc) is 3.08. The van der Waals surface area contributed by atoms with E-state index in [1.54, 1.807) is 38.2 Å². The maximum absolute atomic E-state index is 14.0. The Labute approximate surface area is 271 Å². The highest BCUT2D eigenvalue weighted by Gasteiger charge is 2.30. The van der Waals surface area contributed by atoms with Crippen LogP contribution in [0.4, 0.5) is 0 Å². The van der Waals surface area contributed by atoms with Crippen molar-refractivity contribution < 1.29 is 27.5 Å². The minimum atomic E-state index is -3.58. The van der Waals surface area contributed by atoms with Crippen LogP contribution in [0.2, 0.25) is 0 Å². The Bertz CT molecular complexity index is 1660. The molecular formula is C36H41N3O6S. The van der Waals surface area contributed by atoms with Crippen molar-refractivity contribution in [3.8, 4) is 11.5 Å². The number of nitrogens with zero attached hydrogens (tertiary/aromatic N) is 1. The first kappa shape index (κ1) is 34.2. The number of carbonyl (C=O) groups is 2. The van der Waals surface area contributed by atoms with Crippen LogP contribution in [0, 0.1) is 0 Å². The summed E-state index contributed by atoms with van der Waals surface area (Å²) in [4.78, 5) is 29.8. The molecule has 1 unspecified atom stereocenters. The van der Waals surface area contributed by atoms with Gasteiger partial charge in [-0.05, 0) is 65.1 Å². The summed E-state index contributed by atoms with van der Waals surface area (Å²) in [6.07, 6.45) is 0.839. The summed E-state index contributed by atoms with van der Waals surface area (Å²) in [5.41, 5.74) is 3.50. The molecule has 0 heterocycles. The first-order valence-electron chi connectivity index (χ1n) is 15.2. The molecule has 0 aromatic heterocycles. The van der Waals surface area contributed by atoms with Gasteiger partial charge in [-0.15, -0.1) is 0 Å². The molecule has 9 nitrogen and oxygen atoms in total. The van der Waals surface area contributed by atoms with Crippen molar-refractivity contribution >= 4 is 21.8 Å². The molecule has 10 heteroatoms.